The number of nitrogens with one attached hydrogen (secondary N) is 1. The Morgan fingerprint density at radius 2 is 2.32 bits per heavy atom. The zero-order valence-electron chi connectivity index (χ0n) is 10.5. The Hall–Kier alpha value is -2.44. The third-order valence-corrected chi connectivity index (χ3v) is 2.76. The van der Waals surface area contributed by atoms with Crippen LogP contribution in [0.25, 0.3) is 10.9 Å². The van der Waals surface area contributed by atoms with Gasteiger partial charge in [-0.2, -0.15) is 9.78 Å². The number of carbonyl (C=O) groups is 1. The van der Waals surface area contributed by atoms with Crippen LogP contribution in [0.2, 0.25) is 0 Å². The number of aromatic nitrogens is 2. The quantitative estimate of drug-likeness (QED) is 0.520. The van der Waals surface area contributed by atoms with Crippen molar-refractivity contribution in [3.05, 3.63) is 34.5 Å². The molecule has 0 radical (unpaired) electrons. The number of rotatable bonds is 4. The Labute approximate surface area is 109 Å². The van der Waals surface area contributed by atoms with E-state index in [1.807, 2.05) is 6.92 Å². The molecule has 1 aromatic heterocycles. The van der Waals surface area contributed by atoms with E-state index in [4.69, 9.17) is 0 Å². The predicted molar refractivity (Wildman–Crippen MR) is 70.1 cm³/mol. The van der Waals surface area contributed by atoms with Crippen molar-refractivity contribution < 1.29 is 9.72 Å². The van der Waals surface area contributed by atoms with E-state index in [9.17, 15) is 14.9 Å². The van der Waals surface area contributed by atoms with Crippen LogP contribution in [0.4, 0.5) is 10.5 Å². The average Bonchev–Trinajstić information content (AvgIpc) is 2.81. The number of hydrogen-bond donors (Lipinski definition) is 1. The van der Waals surface area contributed by atoms with Gasteiger partial charge in [0.25, 0.3) is 5.69 Å². The second-order valence-corrected chi connectivity index (χ2v) is 4.14. The van der Waals surface area contributed by atoms with E-state index in [2.05, 4.69) is 10.4 Å². The van der Waals surface area contributed by atoms with Crippen LogP contribution in [-0.2, 0) is 0 Å². The number of benzene rings is 1. The second kappa shape index (κ2) is 5.47. The summed E-state index contributed by atoms with van der Waals surface area (Å²) in [6.45, 7) is 2.59. The van der Waals surface area contributed by atoms with E-state index in [-0.39, 0.29) is 11.7 Å². The first-order valence-corrected chi connectivity index (χ1v) is 6.04. The third kappa shape index (κ3) is 2.70. The fraction of sp³-hybridized carbons (Fsp3) is 0.333. The molecule has 0 unspecified atom stereocenters. The lowest BCUT2D eigenvalue weighted by Gasteiger charge is -2.04. The Morgan fingerprint density at radius 3 is 3.00 bits per heavy atom. The van der Waals surface area contributed by atoms with Crippen molar-refractivity contribution in [3.8, 4) is 0 Å². The molecule has 0 aliphatic rings. The number of nitro groups is 1. The van der Waals surface area contributed by atoms with Crippen LogP contribution in [0.1, 0.15) is 19.8 Å². The van der Waals surface area contributed by atoms with Gasteiger partial charge in [0.05, 0.1) is 16.6 Å². The molecule has 1 N–H and O–H groups in total. The van der Waals surface area contributed by atoms with Gasteiger partial charge in [-0.05, 0) is 12.5 Å². The smallest absolute Gasteiger partial charge is 0.336 e. The highest BCUT2D eigenvalue weighted by atomic mass is 16.6. The van der Waals surface area contributed by atoms with Gasteiger partial charge in [0.2, 0.25) is 0 Å². The summed E-state index contributed by atoms with van der Waals surface area (Å²) in [5.41, 5.74) is 0.374. The fourth-order valence-corrected chi connectivity index (χ4v) is 1.73. The molecule has 19 heavy (non-hydrogen) atoms. The molecule has 7 nitrogen and oxygen atoms in total. The van der Waals surface area contributed by atoms with E-state index in [1.54, 1.807) is 6.07 Å². The Morgan fingerprint density at radius 1 is 1.53 bits per heavy atom. The van der Waals surface area contributed by atoms with Gasteiger partial charge >= 0.3 is 6.03 Å². The van der Waals surface area contributed by atoms with Gasteiger partial charge in [-0.1, -0.05) is 13.3 Å². The van der Waals surface area contributed by atoms with Gasteiger partial charge in [0, 0.05) is 24.1 Å². The van der Waals surface area contributed by atoms with Crippen LogP contribution >= 0.6 is 0 Å². The highest BCUT2D eigenvalue weighted by molar-refractivity contribution is 5.90. The van der Waals surface area contributed by atoms with Crippen molar-refractivity contribution in [3.63, 3.8) is 0 Å². The third-order valence-electron chi connectivity index (χ3n) is 2.76. The summed E-state index contributed by atoms with van der Waals surface area (Å²) in [7, 11) is 0. The number of amides is 1. The summed E-state index contributed by atoms with van der Waals surface area (Å²) in [5, 5.41) is 18.1. The maximum Gasteiger partial charge on any atom is 0.342 e. The van der Waals surface area contributed by atoms with Gasteiger partial charge < -0.3 is 5.32 Å². The van der Waals surface area contributed by atoms with Crippen molar-refractivity contribution in [2.45, 2.75) is 19.8 Å². The lowest BCUT2D eigenvalue weighted by Crippen LogP contribution is -2.29. The molecule has 2 aromatic rings. The molecule has 1 heterocycles. The van der Waals surface area contributed by atoms with E-state index in [1.165, 1.54) is 18.3 Å². The summed E-state index contributed by atoms with van der Waals surface area (Å²) in [5.74, 6) is 0. The minimum atomic E-state index is -0.494. The van der Waals surface area contributed by atoms with Crippen molar-refractivity contribution in [2.75, 3.05) is 6.54 Å². The Bertz CT molecular complexity index is 620. The molecule has 1 amide bonds. The zero-order valence-corrected chi connectivity index (χ0v) is 10.5. The first-order valence-electron chi connectivity index (χ1n) is 6.04. The monoisotopic (exact) mass is 262 g/mol. The SMILES string of the molecule is CCCCNC(=O)n1ncc2ccc([N+](=O)[O-])cc21. The minimum Gasteiger partial charge on any atom is -0.336 e. The van der Waals surface area contributed by atoms with E-state index in [0.29, 0.717) is 17.4 Å². The number of nitro benzene ring substituents is 1. The van der Waals surface area contributed by atoms with E-state index < -0.39 is 4.92 Å². The van der Waals surface area contributed by atoms with Crippen molar-refractivity contribution in [1.82, 2.24) is 15.1 Å². The van der Waals surface area contributed by atoms with Crippen LogP contribution in [-0.4, -0.2) is 27.3 Å². The lowest BCUT2D eigenvalue weighted by molar-refractivity contribution is -0.384. The molecule has 0 atom stereocenters. The summed E-state index contributed by atoms with van der Waals surface area (Å²) in [6, 6.07) is 3.95. The van der Waals surface area contributed by atoms with Crippen molar-refractivity contribution in [1.29, 1.82) is 0 Å². The molecular weight excluding hydrogens is 248 g/mol. The fourth-order valence-electron chi connectivity index (χ4n) is 1.73. The summed E-state index contributed by atoms with van der Waals surface area (Å²) in [6.07, 6.45) is 3.37. The van der Waals surface area contributed by atoms with E-state index >= 15 is 0 Å². The van der Waals surface area contributed by atoms with Gasteiger partial charge in [-0.25, -0.2) is 4.79 Å². The van der Waals surface area contributed by atoms with Crippen LogP contribution < -0.4 is 5.32 Å². The molecule has 0 aliphatic heterocycles. The minimum absolute atomic E-state index is 0.0596. The van der Waals surface area contributed by atoms with Crippen LogP contribution in [0.15, 0.2) is 24.4 Å². The van der Waals surface area contributed by atoms with Crippen LogP contribution in [0.5, 0.6) is 0 Å². The zero-order chi connectivity index (χ0) is 13.8. The number of non-ortho nitro benzene ring substituents is 1. The van der Waals surface area contributed by atoms with Gasteiger partial charge in [-0.15, -0.1) is 0 Å². The topological polar surface area (TPSA) is 90.1 Å². The maximum atomic E-state index is 11.9. The number of nitrogens with zero attached hydrogens (tertiary/aromatic N) is 3. The highest BCUT2D eigenvalue weighted by Gasteiger charge is 2.13. The number of fused-ring (bicyclic) bond motifs is 1. The molecule has 0 spiro atoms. The van der Waals surface area contributed by atoms with Gasteiger partial charge in [-0.3, -0.25) is 10.1 Å². The molecule has 0 aliphatic carbocycles. The largest absolute Gasteiger partial charge is 0.342 e. The molecule has 100 valence electrons. The average molecular weight is 262 g/mol. The lowest BCUT2D eigenvalue weighted by atomic mass is 10.2. The molecule has 0 saturated carbocycles. The molecule has 7 heteroatoms. The second-order valence-electron chi connectivity index (χ2n) is 4.14. The number of hydrogen-bond acceptors (Lipinski definition) is 4. The molecule has 1 aromatic carbocycles. The molecule has 0 saturated heterocycles. The Kier molecular flexibility index (Phi) is 3.74. The summed E-state index contributed by atoms with van der Waals surface area (Å²) >= 11 is 0. The number of unbranched alkanes of at least 4 members (excludes halogenated alkanes) is 1. The molecule has 0 bridgehead atoms. The molecule has 0 fully saturated rings. The predicted octanol–water partition coefficient (Wildman–Crippen LogP) is 2.30. The molecule has 2 rings (SSSR count). The van der Waals surface area contributed by atoms with Crippen molar-refractivity contribution >= 4 is 22.6 Å². The van der Waals surface area contributed by atoms with Crippen LogP contribution in [0.3, 0.4) is 0 Å². The van der Waals surface area contributed by atoms with Gasteiger partial charge in [0.1, 0.15) is 0 Å². The number of carbonyl (C=O) groups excluding carboxylic acids is 1. The summed E-state index contributed by atoms with van der Waals surface area (Å²) in [4.78, 5) is 22.1. The highest BCUT2D eigenvalue weighted by Crippen LogP contribution is 2.20. The van der Waals surface area contributed by atoms with Crippen molar-refractivity contribution in [2.24, 2.45) is 0 Å². The molecular formula is C12H14N4O3. The summed E-state index contributed by atoms with van der Waals surface area (Å²) < 4.78 is 1.15. The Balaban J connectivity index is 2.30. The maximum absolute atomic E-state index is 11.9. The van der Waals surface area contributed by atoms with Crippen LogP contribution in [0, 0.1) is 10.1 Å². The standard InChI is InChI=1S/C12H14N4O3/c1-2-3-6-13-12(17)15-11-7-10(16(18)19)5-4-9(11)8-14-15/h4-5,7-8H,2-3,6H2,1H3,(H,13,17). The first-order chi connectivity index (χ1) is 9.13. The first kappa shape index (κ1) is 13.0. The normalized spacial score (nSPS) is 10.6. The van der Waals surface area contributed by atoms with Gasteiger partial charge in [0.15, 0.2) is 0 Å². The van der Waals surface area contributed by atoms with E-state index in [0.717, 1.165) is 17.5 Å².